The summed E-state index contributed by atoms with van der Waals surface area (Å²) in [5.41, 5.74) is 9.45. The monoisotopic (exact) mass is 495 g/mol. The maximum atomic E-state index is 12.8. The number of hydrazine groups is 1. The van der Waals surface area contributed by atoms with Crippen LogP contribution < -0.4 is 10.9 Å². The van der Waals surface area contributed by atoms with Gasteiger partial charge in [-0.3, -0.25) is 20.4 Å². The lowest BCUT2D eigenvalue weighted by atomic mass is 10.2. The van der Waals surface area contributed by atoms with Crippen molar-refractivity contribution in [2.24, 2.45) is 0 Å². The molecule has 34 heavy (non-hydrogen) atoms. The molecule has 0 atom stereocenters. The maximum absolute atomic E-state index is 12.8. The van der Waals surface area contributed by atoms with E-state index in [4.69, 9.17) is 23.2 Å². The summed E-state index contributed by atoms with van der Waals surface area (Å²) in [7, 11) is 0. The number of aryl methyl sites for hydroxylation is 2. The van der Waals surface area contributed by atoms with Crippen molar-refractivity contribution in [1.29, 1.82) is 0 Å². The minimum atomic E-state index is -0.557. The largest absolute Gasteiger partial charge is 0.318 e. The zero-order valence-electron chi connectivity index (χ0n) is 18.9. The van der Waals surface area contributed by atoms with Gasteiger partial charge in [-0.25, -0.2) is 4.68 Å². The second kappa shape index (κ2) is 9.75. The van der Waals surface area contributed by atoms with Gasteiger partial charge in [-0.05, 0) is 50.6 Å². The summed E-state index contributed by atoms with van der Waals surface area (Å²) < 4.78 is 3.48. The van der Waals surface area contributed by atoms with Crippen LogP contribution in [-0.4, -0.2) is 26.2 Å². The van der Waals surface area contributed by atoms with Crippen LogP contribution in [0.1, 0.15) is 43.4 Å². The summed E-state index contributed by atoms with van der Waals surface area (Å²) in [6.07, 6.45) is 0. The van der Waals surface area contributed by atoms with E-state index < -0.39 is 11.8 Å². The summed E-state index contributed by atoms with van der Waals surface area (Å²) in [5, 5.41) is 5.11. The highest BCUT2D eigenvalue weighted by Gasteiger charge is 2.22. The number of rotatable bonds is 5. The first-order valence-electron chi connectivity index (χ1n) is 10.6. The van der Waals surface area contributed by atoms with Crippen LogP contribution in [0.3, 0.4) is 0 Å². The number of carbonyl (C=O) groups is 2. The molecule has 0 saturated heterocycles. The quantitative estimate of drug-likeness (QED) is 0.381. The van der Waals surface area contributed by atoms with Crippen molar-refractivity contribution in [3.05, 3.63) is 105 Å². The van der Waals surface area contributed by atoms with Gasteiger partial charge >= 0.3 is 0 Å². The second-order valence-corrected chi connectivity index (χ2v) is 8.63. The average molecular weight is 496 g/mol. The Morgan fingerprint density at radius 3 is 2.26 bits per heavy atom. The van der Waals surface area contributed by atoms with Crippen LogP contribution in [0.15, 0.2) is 60.7 Å². The van der Waals surface area contributed by atoms with Crippen LogP contribution in [0.5, 0.6) is 0 Å². The van der Waals surface area contributed by atoms with Crippen LogP contribution in [0, 0.1) is 20.8 Å². The minimum Gasteiger partial charge on any atom is -0.318 e. The zero-order valence-corrected chi connectivity index (χ0v) is 20.4. The zero-order chi connectivity index (χ0) is 24.4. The molecule has 2 amide bonds. The topological polar surface area (TPSA) is 81.0 Å². The first-order valence-corrected chi connectivity index (χ1v) is 11.3. The lowest BCUT2D eigenvalue weighted by Crippen LogP contribution is -2.42. The summed E-state index contributed by atoms with van der Waals surface area (Å²) in [4.78, 5) is 25.7. The molecule has 2 aromatic carbocycles. The number of benzene rings is 2. The number of halogens is 2. The highest BCUT2D eigenvalue weighted by Crippen LogP contribution is 2.24. The Morgan fingerprint density at radius 1 is 0.912 bits per heavy atom. The number of hydrogen-bond acceptors (Lipinski definition) is 3. The van der Waals surface area contributed by atoms with E-state index in [0.717, 1.165) is 22.6 Å². The van der Waals surface area contributed by atoms with Crippen molar-refractivity contribution in [2.75, 3.05) is 0 Å². The number of aromatic nitrogens is 3. The first-order chi connectivity index (χ1) is 16.3. The Labute approximate surface area is 207 Å². The minimum absolute atomic E-state index is 0.159. The van der Waals surface area contributed by atoms with Gasteiger partial charge < -0.3 is 4.57 Å². The number of carbonyl (C=O) groups excluding carboxylic acids is 2. The molecule has 0 bridgehead atoms. The third-order valence-corrected chi connectivity index (χ3v) is 6.30. The van der Waals surface area contributed by atoms with Crippen LogP contribution >= 0.6 is 23.2 Å². The first kappa shape index (κ1) is 23.6. The summed E-state index contributed by atoms with van der Waals surface area (Å²) >= 11 is 12.7. The van der Waals surface area contributed by atoms with Crippen LogP contribution in [0.2, 0.25) is 10.2 Å². The van der Waals surface area contributed by atoms with Gasteiger partial charge in [0.05, 0.1) is 17.8 Å². The van der Waals surface area contributed by atoms with Gasteiger partial charge in [-0.1, -0.05) is 59.6 Å². The molecule has 7 nitrogen and oxygen atoms in total. The summed E-state index contributed by atoms with van der Waals surface area (Å²) in [6, 6.07) is 18.9. The molecular weight excluding hydrogens is 473 g/mol. The molecule has 0 fully saturated rings. The van der Waals surface area contributed by atoms with Gasteiger partial charge in [0.15, 0.2) is 0 Å². The van der Waals surface area contributed by atoms with Gasteiger partial charge in [0.2, 0.25) is 0 Å². The van der Waals surface area contributed by atoms with E-state index >= 15 is 0 Å². The van der Waals surface area contributed by atoms with E-state index in [-0.39, 0.29) is 10.7 Å². The van der Waals surface area contributed by atoms with Gasteiger partial charge in [-0.2, -0.15) is 5.10 Å². The third kappa shape index (κ3) is 4.58. The molecule has 2 aromatic heterocycles. The van der Waals surface area contributed by atoms with E-state index in [9.17, 15) is 9.59 Å². The van der Waals surface area contributed by atoms with Crippen molar-refractivity contribution in [1.82, 2.24) is 25.2 Å². The van der Waals surface area contributed by atoms with Crippen molar-refractivity contribution in [2.45, 2.75) is 27.3 Å². The highest BCUT2D eigenvalue weighted by molar-refractivity contribution is 6.33. The van der Waals surface area contributed by atoms with Crippen LogP contribution in [0.4, 0.5) is 0 Å². The van der Waals surface area contributed by atoms with E-state index in [1.807, 2.05) is 66.9 Å². The average Bonchev–Trinajstić information content (AvgIpc) is 3.28. The smallest absolute Gasteiger partial charge is 0.274 e. The molecule has 0 radical (unpaired) electrons. The van der Waals surface area contributed by atoms with Crippen molar-refractivity contribution in [3.63, 3.8) is 0 Å². The van der Waals surface area contributed by atoms with Crippen LogP contribution in [-0.2, 0) is 6.54 Å². The molecule has 0 aliphatic rings. The number of nitrogens with one attached hydrogen (secondary N) is 2. The Kier molecular flexibility index (Phi) is 6.77. The fourth-order valence-corrected chi connectivity index (χ4v) is 4.43. The van der Waals surface area contributed by atoms with Gasteiger partial charge in [0, 0.05) is 22.1 Å². The van der Waals surface area contributed by atoms with Crippen molar-refractivity contribution >= 4 is 35.0 Å². The molecule has 0 aliphatic carbocycles. The number of hydrogen-bond donors (Lipinski definition) is 2. The SMILES string of the molecule is Cc1nn(Cc2ccccc2Cl)c(Cl)c1C(=O)NNC(=O)c1cc(C)n(-c2ccccc2)c1C. The number of nitrogens with zero attached hydrogens (tertiary/aromatic N) is 3. The second-order valence-electron chi connectivity index (χ2n) is 7.86. The summed E-state index contributed by atoms with van der Waals surface area (Å²) in [5.74, 6) is -0.987. The Balaban J connectivity index is 1.49. The molecule has 2 N–H and O–H groups in total. The Bertz CT molecular complexity index is 1380. The Hall–Kier alpha value is -3.55. The fourth-order valence-electron chi connectivity index (χ4n) is 3.91. The van der Waals surface area contributed by atoms with E-state index in [0.29, 0.717) is 22.8 Å². The third-order valence-electron chi connectivity index (χ3n) is 5.55. The Morgan fingerprint density at radius 2 is 1.56 bits per heavy atom. The predicted octanol–water partition coefficient (Wildman–Crippen LogP) is 5.03. The molecule has 4 aromatic rings. The van der Waals surface area contributed by atoms with E-state index in [2.05, 4.69) is 16.0 Å². The van der Waals surface area contributed by atoms with Gasteiger partial charge in [0.1, 0.15) is 10.7 Å². The number of amides is 2. The van der Waals surface area contributed by atoms with E-state index in [1.165, 1.54) is 4.68 Å². The molecule has 0 spiro atoms. The molecule has 0 aliphatic heterocycles. The molecule has 2 heterocycles. The predicted molar refractivity (Wildman–Crippen MR) is 133 cm³/mol. The standard InChI is InChI=1S/C25H23Cl2N5O2/c1-15-13-20(17(3)32(15)19-10-5-4-6-11-19)24(33)28-29-25(34)22-16(2)30-31(23(22)27)14-18-9-7-8-12-21(18)26/h4-13H,14H2,1-3H3,(H,28,33)(H,29,34). The molecule has 0 unspecified atom stereocenters. The number of para-hydroxylation sites is 1. The fraction of sp³-hybridized carbons (Fsp3) is 0.160. The van der Waals surface area contributed by atoms with Gasteiger partial charge in [0.25, 0.3) is 11.8 Å². The van der Waals surface area contributed by atoms with Gasteiger partial charge in [-0.15, -0.1) is 0 Å². The molecular formula is C25H23Cl2N5O2. The highest BCUT2D eigenvalue weighted by atomic mass is 35.5. The lowest BCUT2D eigenvalue weighted by Gasteiger charge is -2.10. The summed E-state index contributed by atoms with van der Waals surface area (Å²) in [6.45, 7) is 5.77. The maximum Gasteiger partial charge on any atom is 0.274 e. The van der Waals surface area contributed by atoms with Crippen molar-refractivity contribution in [3.8, 4) is 5.69 Å². The molecule has 4 rings (SSSR count). The lowest BCUT2D eigenvalue weighted by molar-refractivity contribution is 0.0846. The molecule has 9 heteroatoms. The van der Waals surface area contributed by atoms with Crippen molar-refractivity contribution < 1.29 is 9.59 Å². The van der Waals surface area contributed by atoms with Crippen LogP contribution in [0.25, 0.3) is 5.69 Å². The molecule has 0 saturated carbocycles. The normalized spacial score (nSPS) is 10.9. The molecule has 174 valence electrons. The van der Waals surface area contributed by atoms with E-state index in [1.54, 1.807) is 19.1 Å².